The quantitative estimate of drug-likeness (QED) is 0.310. The maximum absolute atomic E-state index is 12.8. The standard InChI is InChI=1S/C24H18N2O6/c1-2-14-7-8-16-15(10-20(27)31-19(16)9-14)12-30-21(28)11-26-13-25-22-17-5-3-4-6-18(17)32-23(22)24(26)29/h3-10,13H,2,11-12H2,1H3. The van der Waals surface area contributed by atoms with Crippen LogP contribution in [0.15, 0.2) is 73.3 Å². The van der Waals surface area contributed by atoms with E-state index in [4.69, 9.17) is 13.6 Å². The van der Waals surface area contributed by atoms with Crippen LogP contribution >= 0.6 is 0 Å². The molecule has 0 aliphatic heterocycles. The summed E-state index contributed by atoms with van der Waals surface area (Å²) in [7, 11) is 0. The van der Waals surface area contributed by atoms with Crippen molar-refractivity contribution < 1.29 is 18.4 Å². The number of rotatable bonds is 5. The maximum atomic E-state index is 12.8. The molecule has 5 rings (SSSR count). The first-order valence-corrected chi connectivity index (χ1v) is 10.1. The number of hydrogen-bond acceptors (Lipinski definition) is 7. The molecule has 3 heterocycles. The van der Waals surface area contributed by atoms with E-state index in [0.29, 0.717) is 27.6 Å². The first-order valence-electron chi connectivity index (χ1n) is 10.1. The van der Waals surface area contributed by atoms with Gasteiger partial charge >= 0.3 is 11.6 Å². The Morgan fingerprint density at radius 3 is 2.72 bits per heavy atom. The van der Waals surface area contributed by atoms with Crippen molar-refractivity contribution in [3.8, 4) is 0 Å². The summed E-state index contributed by atoms with van der Waals surface area (Å²) in [5.74, 6) is -0.643. The lowest BCUT2D eigenvalue weighted by atomic mass is 10.1. The van der Waals surface area contributed by atoms with Crippen molar-refractivity contribution in [3.05, 3.63) is 86.8 Å². The summed E-state index contributed by atoms with van der Waals surface area (Å²) >= 11 is 0. The molecule has 8 heteroatoms. The van der Waals surface area contributed by atoms with Gasteiger partial charge in [-0.15, -0.1) is 0 Å². The number of benzene rings is 2. The predicted octanol–water partition coefficient (Wildman–Crippen LogP) is 3.55. The Labute approximate surface area is 180 Å². The van der Waals surface area contributed by atoms with Gasteiger partial charge in [0, 0.05) is 22.4 Å². The molecular weight excluding hydrogens is 412 g/mol. The summed E-state index contributed by atoms with van der Waals surface area (Å²) in [6.45, 7) is 1.55. The first-order chi connectivity index (χ1) is 15.5. The molecule has 0 unspecified atom stereocenters. The molecule has 0 saturated carbocycles. The van der Waals surface area contributed by atoms with Gasteiger partial charge < -0.3 is 13.6 Å². The van der Waals surface area contributed by atoms with Gasteiger partial charge in [-0.2, -0.15) is 0 Å². The van der Waals surface area contributed by atoms with Crippen LogP contribution in [-0.4, -0.2) is 15.5 Å². The Balaban J connectivity index is 1.38. The molecule has 5 aromatic rings. The fraction of sp³-hybridized carbons (Fsp3) is 0.167. The van der Waals surface area contributed by atoms with Crippen LogP contribution in [0, 0.1) is 0 Å². The molecule has 32 heavy (non-hydrogen) atoms. The van der Waals surface area contributed by atoms with Crippen LogP contribution in [0.3, 0.4) is 0 Å². The van der Waals surface area contributed by atoms with E-state index < -0.39 is 17.2 Å². The lowest BCUT2D eigenvalue weighted by Gasteiger charge is -2.09. The minimum absolute atomic E-state index is 0.0832. The number of carbonyl (C=O) groups is 1. The smallest absolute Gasteiger partial charge is 0.336 e. The van der Waals surface area contributed by atoms with Crippen molar-refractivity contribution in [2.24, 2.45) is 0 Å². The highest BCUT2D eigenvalue weighted by molar-refractivity contribution is 6.01. The maximum Gasteiger partial charge on any atom is 0.336 e. The Morgan fingerprint density at radius 2 is 1.88 bits per heavy atom. The second-order valence-electron chi connectivity index (χ2n) is 7.39. The topological polar surface area (TPSA) is 105 Å². The van der Waals surface area contributed by atoms with E-state index in [9.17, 15) is 14.4 Å². The van der Waals surface area contributed by atoms with Crippen LogP contribution in [0.2, 0.25) is 0 Å². The molecular formula is C24H18N2O6. The molecule has 0 radical (unpaired) electrons. The predicted molar refractivity (Wildman–Crippen MR) is 117 cm³/mol. The van der Waals surface area contributed by atoms with Gasteiger partial charge in [0.2, 0.25) is 5.58 Å². The highest BCUT2D eigenvalue weighted by Gasteiger charge is 2.16. The Hall–Kier alpha value is -4.20. The van der Waals surface area contributed by atoms with Crippen molar-refractivity contribution in [1.29, 1.82) is 0 Å². The van der Waals surface area contributed by atoms with Crippen LogP contribution in [-0.2, 0) is 29.1 Å². The molecule has 3 aromatic heterocycles. The minimum Gasteiger partial charge on any atom is -0.459 e. The van der Waals surface area contributed by atoms with Crippen molar-refractivity contribution >= 4 is 39.0 Å². The van der Waals surface area contributed by atoms with E-state index in [1.54, 1.807) is 18.2 Å². The van der Waals surface area contributed by atoms with Gasteiger partial charge in [-0.3, -0.25) is 14.2 Å². The third-order valence-corrected chi connectivity index (χ3v) is 5.34. The van der Waals surface area contributed by atoms with Crippen LogP contribution < -0.4 is 11.2 Å². The minimum atomic E-state index is -0.643. The molecule has 160 valence electrons. The highest BCUT2D eigenvalue weighted by Crippen LogP contribution is 2.24. The van der Waals surface area contributed by atoms with Crippen LogP contribution in [0.25, 0.3) is 33.0 Å². The van der Waals surface area contributed by atoms with Gasteiger partial charge in [0.05, 0.1) is 6.33 Å². The van der Waals surface area contributed by atoms with Crippen LogP contribution in [0.4, 0.5) is 0 Å². The zero-order valence-corrected chi connectivity index (χ0v) is 17.2. The van der Waals surface area contributed by atoms with Crippen molar-refractivity contribution in [1.82, 2.24) is 9.55 Å². The van der Waals surface area contributed by atoms with Gasteiger partial charge in [0.25, 0.3) is 5.56 Å². The van der Waals surface area contributed by atoms with Gasteiger partial charge in [-0.25, -0.2) is 9.78 Å². The lowest BCUT2D eigenvalue weighted by molar-refractivity contribution is -0.145. The Morgan fingerprint density at radius 1 is 1.03 bits per heavy atom. The number of hydrogen-bond donors (Lipinski definition) is 0. The Bertz CT molecular complexity index is 1610. The molecule has 0 N–H and O–H groups in total. The molecule has 0 atom stereocenters. The first kappa shape index (κ1) is 19.7. The summed E-state index contributed by atoms with van der Waals surface area (Å²) in [5, 5.41) is 1.42. The number of aromatic nitrogens is 2. The lowest BCUT2D eigenvalue weighted by Crippen LogP contribution is -2.25. The van der Waals surface area contributed by atoms with Gasteiger partial charge in [0.1, 0.15) is 29.8 Å². The molecule has 0 bridgehead atoms. The van der Waals surface area contributed by atoms with Gasteiger partial charge in [-0.1, -0.05) is 31.2 Å². The van der Waals surface area contributed by atoms with E-state index in [1.165, 1.54) is 12.4 Å². The third-order valence-electron chi connectivity index (χ3n) is 5.34. The number of furan rings is 1. The fourth-order valence-electron chi connectivity index (χ4n) is 3.68. The molecule has 0 saturated heterocycles. The molecule has 0 amide bonds. The van der Waals surface area contributed by atoms with E-state index >= 15 is 0 Å². The number of aryl methyl sites for hydroxylation is 1. The SMILES string of the molecule is CCc1ccc2c(COC(=O)Cn3cnc4c(oc5ccccc54)c3=O)cc(=O)oc2c1. The third kappa shape index (κ3) is 3.45. The van der Waals surface area contributed by atoms with Gasteiger partial charge in [0.15, 0.2) is 0 Å². The second kappa shape index (κ2) is 7.81. The molecule has 0 aliphatic rings. The average Bonchev–Trinajstić information content (AvgIpc) is 3.18. The van der Waals surface area contributed by atoms with E-state index in [2.05, 4.69) is 4.98 Å². The summed E-state index contributed by atoms with van der Waals surface area (Å²) < 4.78 is 17.4. The molecule has 8 nitrogen and oxygen atoms in total. The summed E-state index contributed by atoms with van der Waals surface area (Å²) in [5.41, 5.74) is 2.10. The van der Waals surface area contributed by atoms with Crippen molar-refractivity contribution in [3.63, 3.8) is 0 Å². The van der Waals surface area contributed by atoms with E-state index in [0.717, 1.165) is 21.9 Å². The molecule has 0 fully saturated rings. The van der Waals surface area contributed by atoms with Crippen LogP contribution in [0.5, 0.6) is 0 Å². The van der Waals surface area contributed by atoms with Crippen molar-refractivity contribution in [2.45, 2.75) is 26.5 Å². The number of para-hydroxylation sites is 1. The van der Waals surface area contributed by atoms with E-state index in [1.807, 2.05) is 31.2 Å². The number of fused-ring (bicyclic) bond motifs is 4. The van der Waals surface area contributed by atoms with Crippen LogP contribution in [0.1, 0.15) is 18.1 Å². The summed E-state index contributed by atoms with van der Waals surface area (Å²) in [4.78, 5) is 41.4. The largest absolute Gasteiger partial charge is 0.459 e. The van der Waals surface area contributed by atoms with Gasteiger partial charge in [-0.05, 0) is 30.2 Å². The summed E-state index contributed by atoms with van der Waals surface area (Å²) in [6, 6.07) is 14.1. The monoisotopic (exact) mass is 430 g/mol. The fourth-order valence-corrected chi connectivity index (χ4v) is 3.68. The number of ether oxygens (including phenoxy) is 1. The van der Waals surface area contributed by atoms with E-state index in [-0.39, 0.29) is 18.7 Å². The average molecular weight is 430 g/mol. The normalized spacial score (nSPS) is 11.4. The number of nitrogens with zero attached hydrogens (tertiary/aromatic N) is 2. The molecule has 0 spiro atoms. The Kier molecular flexibility index (Phi) is 4.82. The zero-order chi connectivity index (χ0) is 22.2. The summed E-state index contributed by atoms with van der Waals surface area (Å²) in [6.07, 6.45) is 2.10. The second-order valence-corrected chi connectivity index (χ2v) is 7.39. The zero-order valence-electron chi connectivity index (χ0n) is 17.2. The van der Waals surface area contributed by atoms with Crippen molar-refractivity contribution in [2.75, 3.05) is 0 Å². The molecule has 0 aliphatic carbocycles. The number of carbonyl (C=O) groups excluding carboxylic acids is 1. The molecule has 2 aromatic carbocycles. The number of esters is 1. The highest BCUT2D eigenvalue weighted by atomic mass is 16.5.